The van der Waals surface area contributed by atoms with E-state index in [0.717, 1.165) is 28.4 Å². The standard InChI is InChI=1S/C30H31ClN5O4S/c1-34-20-24(23-7-3-5-9-27(23)34)29(37)32-26(19-21-11-13-22(31)14-12-21)30(38)36-17-15-35(16-18-36)28-10-6-4-8-25(28)33-41(2,39)40/h3-14,26,33H,15-19H2,1-2H3,(H,32,37)/t26-/m1/s1. The lowest BCUT2D eigenvalue weighted by Crippen LogP contribution is -2.55. The van der Waals surface area contributed by atoms with Crippen LogP contribution in [0.2, 0.25) is 5.02 Å². The van der Waals surface area contributed by atoms with E-state index < -0.39 is 16.1 Å². The summed E-state index contributed by atoms with van der Waals surface area (Å²) in [5.74, 6) is -0.552. The normalized spacial score (nSPS) is 14.6. The molecule has 1 saturated heterocycles. The molecule has 1 atom stereocenters. The number of hydrogen-bond donors (Lipinski definition) is 2. The number of para-hydroxylation sites is 3. The third kappa shape index (κ3) is 6.66. The topological polar surface area (TPSA) is 104 Å². The van der Waals surface area contributed by atoms with Crippen LogP contribution in [0.25, 0.3) is 10.9 Å². The maximum absolute atomic E-state index is 13.9. The Morgan fingerprint density at radius 3 is 2.32 bits per heavy atom. The quantitative estimate of drug-likeness (QED) is 0.325. The van der Waals surface area contributed by atoms with Crippen LogP contribution in [0.15, 0.2) is 72.8 Å². The second-order valence-electron chi connectivity index (χ2n) is 10.1. The number of sulfonamides is 1. The summed E-state index contributed by atoms with van der Waals surface area (Å²) in [6.07, 6.45) is 4.52. The Labute approximate surface area is 244 Å². The van der Waals surface area contributed by atoms with Crippen molar-refractivity contribution in [2.24, 2.45) is 7.05 Å². The van der Waals surface area contributed by atoms with Gasteiger partial charge in [-0.25, -0.2) is 8.42 Å². The minimum atomic E-state index is -3.45. The Bertz CT molecular complexity index is 1680. The summed E-state index contributed by atoms with van der Waals surface area (Å²) in [6.45, 7) is 1.85. The summed E-state index contributed by atoms with van der Waals surface area (Å²) < 4.78 is 28.1. The third-order valence-corrected chi connectivity index (χ3v) is 7.97. The van der Waals surface area contributed by atoms with Gasteiger partial charge < -0.3 is 19.7 Å². The average Bonchev–Trinajstić information content (AvgIpc) is 3.29. The van der Waals surface area contributed by atoms with E-state index in [1.165, 1.54) is 0 Å². The predicted molar refractivity (Wildman–Crippen MR) is 162 cm³/mol. The number of amides is 2. The molecule has 9 nitrogen and oxygen atoms in total. The Balaban J connectivity index is 1.34. The Kier molecular flexibility index (Phi) is 8.23. The number of nitrogens with one attached hydrogen (secondary N) is 2. The molecule has 3 aromatic carbocycles. The number of nitrogens with zero attached hydrogens (tertiary/aromatic N) is 3. The Hall–Kier alpha value is -4.02. The molecule has 5 rings (SSSR count). The van der Waals surface area contributed by atoms with Gasteiger partial charge >= 0.3 is 0 Å². The molecule has 213 valence electrons. The minimum Gasteiger partial charge on any atom is -0.366 e. The van der Waals surface area contributed by atoms with Crippen molar-refractivity contribution in [2.75, 3.05) is 42.1 Å². The molecule has 2 N–H and O–H groups in total. The van der Waals surface area contributed by atoms with Gasteiger partial charge in [0.25, 0.3) is 5.91 Å². The van der Waals surface area contributed by atoms with Gasteiger partial charge in [0.05, 0.1) is 29.4 Å². The monoisotopic (exact) mass is 592 g/mol. The number of aromatic nitrogens is 1. The highest BCUT2D eigenvalue weighted by Gasteiger charge is 2.30. The highest BCUT2D eigenvalue weighted by Crippen LogP contribution is 2.28. The summed E-state index contributed by atoms with van der Waals surface area (Å²) in [6, 6.07) is 21.2. The van der Waals surface area contributed by atoms with Crippen molar-refractivity contribution in [1.29, 1.82) is 0 Å². The summed E-state index contributed by atoms with van der Waals surface area (Å²) in [5.41, 5.74) is 3.38. The maximum Gasteiger partial charge on any atom is 0.254 e. The van der Waals surface area contributed by atoms with Crippen molar-refractivity contribution < 1.29 is 18.0 Å². The molecule has 1 aromatic heterocycles. The lowest BCUT2D eigenvalue weighted by molar-refractivity contribution is -0.133. The van der Waals surface area contributed by atoms with Crippen LogP contribution < -0.4 is 14.9 Å². The van der Waals surface area contributed by atoms with Crippen LogP contribution in [0.1, 0.15) is 15.9 Å². The fraction of sp³-hybridized carbons (Fsp3) is 0.267. The molecule has 1 fully saturated rings. The van der Waals surface area contributed by atoms with Gasteiger partial charge in [-0.2, -0.15) is 0 Å². The number of carbonyl (C=O) groups is 2. The SMILES string of the molecule is Cn1[c]c(C(=O)N[C@H](Cc2ccc(Cl)cc2)C(=O)N2CCN(c3ccccc3NS(C)(=O)=O)CC2)c2ccccc21. The number of anilines is 2. The number of piperazine rings is 1. The largest absolute Gasteiger partial charge is 0.366 e. The number of rotatable bonds is 8. The second kappa shape index (κ2) is 11.8. The van der Waals surface area contributed by atoms with Gasteiger partial charge in [-0.1, -0.05) is 54.1 Å². The van der Waals surface area contributed by atoms with Gasteiger partial charge in [0.1, 0.15) is 6.04 Å². The molecule has 4 aromatic rings. The third-order valence-electron chi connectivity index (χ3n) is 7.13. The molecule has 1 radical (unpaired) electrons. The van der Waals surface area contributed by atoms with Crippen molar-refractivity contribution in [3.63, 3.8) is 0 Å². The van der Waals surface area contributed by atoms with Gasteiger partial charge in [0, 0.05) is 55.6 Å². The summed E-state index contributed by atoms with van der Waals surface area (Å²) in [4.78, 5) is 31.2. The maximum atomic E-state index is 13.9. The number of benzene rings is 3. The van der Waals surface area contributed by atoms with Crippen molar-refractivity contribution in [3.8, 4) is 0 Å². The molecule has 1 aliphatic rings. The Morgan fingerprint density at radius 2 is 1.61 bits per heavy atom. The first-order valence-corrected chi connectivity index (χ1v) is 15.5. The van der Waals surface area contributed by atoms with Gasteiger partial charge in [-0.05, 0) is 35.9 Å². The second-order valence-corrected chi connectivity index (χ2v) is 12.3. The fourth-order valence-corrected chi connectivity index (χ4v) is 5.85. The number of hydrogen-bond acceptors (Lipinski definition) is 5. The number of halogens is 1. The van der Waals surface area contributed by atoms with E-state index in [1.54, 1.807) is 33.7 Å². The number of carbonyl (C=O) groups excluding carboxylic acids is 2. The van der Waals surface area contributed by atoms with Gasteiger partial charge in [0.2, 0.25) is 15.9 Å². The van der Waals surface area contributed by atoms with Crippen molar-refractivity contribution in [3.05, 3.63) is 95.1 Å². The van der Waals surface area contributed by atoms with Crippen LogP contribution in [-0.2, 0) is 28.3 Å². The van der Waals surface area contributed by atoms with E-state index in [1.807, 2.05) is 55.6 Å². The molecule has 11 heteroatoms. The van der Waals surface area contributed by atoms with E-state index in [4.69, 9.17) is 11.6 Å². The zero-order valence-electron chi connectivity index (χ0n) is 22.8. The molecule has 0 saturated carbocycles. The first-order valence-electron chi connectivity index (χ1n) is 13.2. The molecule has 2 amide bonds. The van der Waals surface area contributed by atoms with Crippen LogP contribution >= 0.6 is 11.6 Å². The van der Waals surface area contributed by atoms with E-state index in [0.29, 0.717) is 48.9 Å². The van der Waals surface area contributed by atoms with Crippen LogP contribution in [0, 0.1) is 6.20 Å². The van der Waals surface area contributed by atoms with E-state index in [2.05, 4.69) is 21.1 Å². The van der Waals surface area contributed by atoms with Gasteiger partial charge in [-0.3, -0.25) is 14.3 Å². The summed E-state index contributed by atoms with van der Waals surface area (Å²) in [5, 5.41) is 4.33. The average molecular weight is 593 g/mol. The van der Waals surface area contributed by atoms with Gasteiger partial charge in [0.15, 0.2) is 0 Å². The van der Waals surface area contributed by atoms with E-state index >= 15 is 0 Å². The van der Waals surface area contributed by atoms with Gasteiger partial charge in [-0.15, -0.1) is 0 Å². The van der Waals surface area contributed by atoms with Crippen molar-refractivity contribution in [1.82, 2.24) is 14.8 Å². The first kappa shape index (κ1) is 28.5. The predicted octanol–water partition coefficient (Wildman–Crippen LogP) is 3.69. The molecule has 0 bridgehead atoms. The zero-order valence-corrected chi connectivity index (χ0v) is 24.4. The molecular formula is C30H31ClN5O4S. The van der Waals surface area contributed by atoms with E-state index in [9.17, 15) is 18.0 Å². The van der Waals surface area contributed by atoms with Crippen LogP contribution in [-0.4, -0.2) is 68.2 Å². The molecule has 0 spiro atoms. The number of aryl methyl sites for hydroxylation is 1. The summed E-state index contributed by atoms with van der Waals surface area (Å²) in [7, 11) is -1.61. The number of fused-ring (bicyclic) bond motifs is 1. The lowest BCUT2D eigenvalue weighted by atomic mass is 10.0. The van der Waals surface area contributed by atoms with Crippen molar-refractivity contribution >= 4 is 55.7 Å². The highest BCUT2D eigenvalue weighted by molar-refractivity contribution is 7.92. The smallest absolute Gasteiger partial charge is 0.254 e. The van der Waals surface area contributed by atoms with Crippen molar-refractivity contribution in [2.45, 2.75) is 12.5 Å². The molecule has 0 aliphatic carbocycles. The lowest BCUT2D eigenvalue weighted by Gasteiger charge is -2.38. The molecular weight excluding hydrogens is 562 g/mol. The Morgan fingerprint density at radius 1 is 0.951 bits per heavy atom. The fourth-order valence-electron chi connectivity index (χ4n) is 5.15. The van der Waals surface area contributed by atoms with Crippen LogP contribution in [0.4, 0.5) is 11.4 Å². The van der Waals surface area contributed by atoms with E-state index in [-0.39, 0.29) is 11.8 Å². The molecule has 41 heavy (non-hydrogen) atoms. The van der Waals surface area contributed by atoms with Crippen LogP contribution in [0.3, 0.4) is 0 Å². The highest BCUT2D eigenvalue weighted by atomic mass is 35.5. The molecule has 0 unspecified atom stereocenters. The minimum absolute atomic E-state index is 0.185. The molecule has 1 aliphatic heterocycles. The summed E-state index contributed by atoms with van der Waals surface area (Å²) >= 11 is 6.07. The zero-order chi connectivity index (χ0) is 29.1. The van der Waals surface area contributed by atoms with Crippen LogP contribution in [0.5, 0.6) is 0 Å². The molecule has 2 heterocycles. The first-order chi connectivity index (χ1) is 19.6.